The van der Waals surface area contributed by atoms with Crippen LogP contribution in [0.15, 0.2) is 42.5 Å². The third-order valence-corrected chi connectivity index (χ3v) is 5.19. The summed E-state index contributed by atoms with van der Waals surface area (Å²) in [6.07, 6.45) is 4.74. The molecule has 3 rings (SSSR count). The summed E-state index contributed by atoms with van der Waals surface area (Å²) in [5.41, 5.74) is 7.20. The van der Waals surface area contributed by atoms with Gasteiger partial charge >= 0.3 is 0 Å². The summed E-state index contributed by atoms with van der Waals surface area (Å²) in [6, 6.07) is 15.9. The van der Waals surface area contributed by atoms with Crippen LogP contribution in [0, 0.1) is 5.92 Å². The van der Waals surface area contributed by atoms with Gasteiger partial charge in [-0.25, -0.2) is 0 Å². The van der Waals surface area contributed by atoms with E-state index in [1.807, 2.05) is 0 Å². The monoisotopic (exact) mass is 286 g/mol. The van der Waals surface area contributed by atoms with Gasteiger partial charge in [0.05, 0.1) is 0 Å². The lowest BCUT2D eigenvalue weighted by Gasteiger charge is -2.07. The summed E-state index contributed by atoms with van der Waals surface area (Å²) in [4.78, 5) is 0. The van der Waals surface area contributed by atoms with E-state index in [2.05, 4.69) is 60.9 Å². The zero-order valence-electron chi connectivity index (χ0n) is 11.1. The number of hydrogen-bond donors (Lipinski definition) is 0. The normalized spacial score (nSPS) is 17.5. The van der Waals surface area contributed by atoms with Crippen molar-refractivity contribution in [3.05, 3.63) is 59.2 Å². The van der Waals surface area contributed by atoms with Crippen LogP contribution in [0.1, 0.15) is 16.7 Å². The number of fused-ring (bicyclic) bond motifs is 1. The minimum absolute atomic E-state index is 0.827. The first-order valence-electron chi connectivity index (χ1n) is 6.91. The molecule has 3 unspecified atom stereocenters. The Labute approximate surface area is 120 Å². The Morgan fingerprint density at radius 3 is 2.47 bits per heavy atom. The summed E-state index contributed by atoms with van der Waals surface area (Å²) >= 11 is 0. The highest BCUT2D eigenvalue weighted by Gasteiger charge is 2.20. The summed E-state index contributed by atoms with van der Waals surface area (Å²) in [7, 11) is 5.69. The molecule has 1 aliphatic carbocycles. The SMILES string of the molecule is PCc1cccc(-c2ccc3c(c2)CC(CP)C3)c1. The molecule has 2 heteroatoms. The van der Waals surface area contributed by atoms with E-state index in [0.29, 0.717) is 0 Å². The number of hydrogen-bond acceptors (Lipinski definition) is 0. The molecule has 2 aromatic carbocycles. The molecule has 19 heavy (non-hydrogen) atoms. The van der Waals surface area contributed by atoms with E-state index in [1.54, 1.807) is 11.1 Å². The smallest absolute Gasteiger partial charge is 0.0128 e. The zero-order valence-corrected chi connectivity index (χ0v) is 13.4. The van der Waals surface area contributed by atoms with Gasteiger partial charge in [-0.05, 0) is 58.9 Å². The Morgan fingerprint density at radius 2 is 1.68 bits per heavy atom. The van der Waals surface area contributed by atoms with Gasteiger partial charge in [-0.2, -0.15) is 0 Å². The topological polar surface area (TPSA) is 0 Å². The van der Waals surface area contributed by atoms with Gasteiger partial charge in [-0.1, -0.05) is 42.5 Å². The molecular weight excluding hydrogens is 266 g/mol. The lowest BCUT2D eigenvalue weighted by Crippen LogP contribution is -1.99. The fraction of sp³-hybridized carbons (Fsp3) is 0.294. The Bertz CT molecular complexity index is 590. The van der Waals surface area contributed by atoms with E-state index in [1.165, 1.54) is 35.7 Å². The van der Waals surface area contributed by atoms with Crippen LogP contribution in [0.25, 0.3) is 11.1 Å². The van der Waals surface area contributed by atoms with Crippen molar-refractivity contribution < 1.29 is 0 Å². The first-order chi connectivity index (χ1) is 9.30. The van der Waals surface area contributed by atoms with Crippen LogP contribution in [0.2, 0.25) is 0 Å². The molecule has 0 bridgehead atoms. The first kappa shape index (κ1) is 13.3. The van der Waals surface area contributed by atoms with E-state index < -0.39 is 0 Å². The molecular formula is C17H20P2. The molecule has 0 radical (unpaired) electrons. The summed E-state index contributed by atoms with van der Waals surface area (Å²) in [5, 5.41) is 0. The summed E-state index contributed by atoms with van der Waals surface area (Å²) in [6.45, 7) is 0. The van der Waals surface area contributed by atoms with Crippen LogP contribution < -0.4 is 0 Å². The van der Waals surface area contributed by atoms with Crippen molar-refractivity contribution in [2.75, 3.05) is 6.16 Å². The highest BCUT2D eigenvalue weighted by molar-refractivity contribution is 7.16. The molecule has 0 saturated carbocycles. The van der Waals surface area contributed by atoms with Gasteiger partial charge < -0.3 is 0 Å². The second-order valence-corrected chi connectivity index (χ2v) is 6.28. The van der Waals surface area contributed by atoms with Crippen LogP contribution in [0.4, 0.5) is 0 Å². The van der Waals surface area contributed by atoms with Crippen LogP contribution in [0.3, 0.4) is 0 Å². The number of rotatable bonds is 3. The molecule has 98 valence electrons. The van der Waals surface area contributed by atoms with Gasteiger partial charge in [0.25, 0.3) is 0 Å². The highest BCUT2D eigenvalue weighted by atomic mass is 31.0. The van der Waals surface area contributed by atoms with Gasteiger partial charge in [0.1, 0.15) is 0 Å². The van der Waals surface area contributed by atoms with Gasteiger partial charge in [0, 0.05) is 0 Å². The standard InChI is InChI=1S/C17H20P2/c18-10-12-2-1-3-14(6-12)16-5-4-15-7-13(11-19)8-17(15)9-16/h1-6,9,13H,7-8,10-11,18-19H2. The molecule has 2 aromatic rings. The minimum atomic E-state index is 0.827. The maximum atomic E-state index is 2.89. The molecule has 0 aromatic heterocycles. The molecule has 0 N–H and O–H groups in total. The molecule has 0 fully saturated rings. The summed E-state index contributed by atoms with van der Waals surface area (Å²) in [5.74, 6) is 0.827. The predicted molar refractivity (Wildman–Crippen MR) is 90.8 cm³/mol. The minimum Gasteiger partial charge on any atom is -0.137 e. The van der Waals surface area contributed by atoms with E-state index >= 15 is 0 Å². The van der Waals surface area contributed by atoms with Crippen molar-refractivity contribution in [2.24, 2.45) is 5.92 Å². The van der Waals surface area contributed by atoms with Crippen LogP contribution >= 0.6 is 18.5 Å². The average Bonchev–Trinajstić information content (AvgIpc) is 2.89. The van der Waals surface area contributed by atoms with Crippen molar-refractivity contribution >= 4 is 18.5 Å². The first-order valence-corrected chi connectivity index (χ1v) is 8.54. The molecule has 0 aliphatic heterocycles. The van der Waals surface area contributed by atoms with Gasteiger partial charge in [0.15, 0.2) is 0 Å². The average molecular weight is 286 g/mol. The van der Waals surface area contributed by atoms with Crippen molar-refractivity contribution in [2.45, 2.75) is 19.0 Å². The predicted octanol–water partition coefficient (Wildman–Crippen LogP) is 4.32. The lowest BCUT2D eigenvalue weighted by atomic mass is 9.99. The van der Waals surface area contributed by atoms with E-state index in [0.717, 1.165) is 12.1 Å². The Kier molecular flexibility index (Phi) is 4.01. The van der Waals surface area contributed by atoms with Gasteiger partial charge in [-0.15, -0.1) is 18.5 Å². The Morgan fingerprint density at radius 1 is 0.895 bits per heavy atom. The molecule has 3 atom stereocenters. The second kappa shape index (κ2) is 5.74. The largest absolute Gasteiger partial charge is 0.137 e. The quantitative estimate of drug-likeness (QED) is 0.737. The van der Waals surface area contributed by atoms with Gasteiger partial charge in [0.2, 0.25) is 0 Å². The molecule has 0 heterocycles. The molecule has 0 spiro atoms. The zero-order chi connectivity index (χ0) is 13.2. The van der Waals surface area contributed by atoms with E-state index in [4.69, 9.17) is 0 Å². The molecule has 0 amide bonds. The Hall–Kier alpha value is -0.700. The molecule has 0 saturated heterocycles. The van der Waals surface area contributed by atoms with Crippen molar-refractivity contribution in [1.82, 2.24) is 0 Å². The third kappa shape index (κ3) is 2.76. The fourth-order valence-corrected chi connectivity index (χ4v) is 3.52. The Balaban J connectivity index is 1.95. The number of benzene rings is 2. The summed E-state index contributed by atoms with van der Waals surface area (Å²) < 4.78 is 0. The second-order valence-electron chi connectivity index (χ2n) is 5.40. The van der Waals surface area contributed by atoms with Crippen molar-refractivity contribution in [3.8, 4) is 11.1 Å². The molecule has 0 nitrogen and oxygen atoms in total. The van der Waals surface area contributed by atoms with Crippen molar-refractivity contribution in [3.63, 3.8) is 0 Å². The molecule has 1 aliphatic rings. The van der Waals surface area contributed by atoms with Crippen LogP contribution in [-0.4, -0.2) is 6.16 Å². The van der Waals surface area contributed by atoms with E-state index in [-0.39, 0.29) is 0 Å². The van der Waals surface area contributed by atoms with Crippen LogP contribution in [0.5, 0.6) is 0 Å². The van der Waals surface area contributed by atoms with E-state index in [9.17, 15) is 0 Å². The maximum absolute atomic E-state index is 2.89. The van der Waals surface area contributed by atoms with Crippen LogP contribution in [-0.2, 0) is 19.0 Å². The van der Waals surface area contributed by atoms with Crippen molar-refractivity contribution in [1.29, 1.82) is 0 Å². The lowest BCUT2D eigenvalue weighted by molar-refractivity contribution is 0.639. The maximum Gasteiger partial charge on any atom is -0.0128 e. The highest BCUT2D eigenvalue weighted by Crippen LogP contribution is 2.32. The third-order valence-electron chi connectivity index (χ3n) is 4.05. The fourth-order valence-electron chi connectivity index (χ4n) is 2.93. The van der Waals surface area contributed by atoms with Gasteiger partial charge in [-0.3, -0.25) is 0 Å².